The minimum absolute atomic E-state index is 0.103. The van der Waals surface area contributed by atoms with E-state index in [4.69, 9.17) is 11.0 Å². The van der Waals surface area contributed by atoms with Crippen molar-refractivity contribution in [3.63, 3.8) is 0 Å². The second-order valence-electron chi connectivity index (χ2n) is 2.58. The molecule has 0 heterocycles. The lowest BCUT2D eigenvalue weighted by molar-refractivity contribution is 1.20. The van der Waals surface area contributed by atoms with Crippen molar-refractivity contribution in [3.05, 3.63) is 35.9 Å². The Balaban J connectivity index is 2.58. The van der Waals surface area contributed by atoms with Gasteiger partial charge in [0.2, 0.25) is 0 Å². The van der Waals surface area contributed by atoms with Gasteiger partial charge in [0, 0.05) is 0 Å². The summed E-state index contributed by atoms with van der Waals surface area (Å²) in [6, 6.07) is 11.4. The highest BCUT2D eigenvalue weighted by atomic mass is 15.2. The number of amidine groups is 1. The molecule has 2 N–H and O–H groups in total. The van der Waals surface area contributed by atoms with Crippen LogP contribution in [-0.4, -0.2) is 12.1 Å². The van der Waals surface area contributed by atoms with Gasteiger partial charge in [0.15, 0.2) is 0 Å². The van der Waals surface area contributed by atoms with Gasteiger partial charge in [-0.2, -0.15) is 10.4 Å². The van der Waals surface area contributed by atoms with Crippen LogP contribution in [0.3, 0.4) is 0 Å². The first-order valence-electron chi connectivity index (χ1n) is 4.10. The van der Waals surface area contributed by atoms with Gasteiger partial charge in [-0.05, 0) is 5.56 Å². The second kappa shape index (κ2) is 5.49. The Hall–Kier alpha value is -2.15. The van der Waals surface area contributed by atoms with E-state index >= 15 is 0 Å². The molecule has 1 aromatic rings. The third kappa shape index (κ3) is 3.50. The Morgan fingerprint density at radius 3 is 2.79 bits per heavy atom. The van der Waals surface area contributed by atoms with Crippen LogP contribution in [0.2, 0.25) is 0 Å². The summed E-state index contributed by atoms with van der Waals surface area (Å²) >= 11 is 0. The van der Waals surface area contributed by atoms with Gasteiger partial charge in [-0.15, -0.1) is 5.10 Å². The van der Waals surface area contributed by atoms with Crippen LogP contribution in [0.5, 0.6) is 0 Å². The molecule has 0 aliphatic carbocycles. The first kappa shape index (κ1) is 9.93. The monoisotopic (exact) mass is 186 g/mol. The lowest BCUT2D eigenvalue weighted by atomic mass is 10.2. The maximum Gasteiger partial charge on any atom is 0.136 e. The summed E-state index contributed by atoms with van der Waals surface area (Å²) in [6.45, 7) is 0. The van der Waals surface area contributed by atoms with Gasteiger partial charge in [0.05, 0.1) is 18.7 Å². The van der Waals surface area contributed by atoms with E-state index < -0.39 is 0 Å². The molecule has 0 atom stereocenters. The molecular weight excluding hydrogens is 176 g/mol. The smallest absolute Gasteiger partial charge is 0.136 e. The number of nitrogens with two attached hydrogens (primary N) is 1. The topological polar surface area (TPSA) is 74.5 Å². The average molecular weight is 186 g/mol. The zero-order chi connectivity index (χ0) is 10.2. The van der Waals surface area contributed by atoms with Crippen LogP contribution in [-0.2, 0) is 0 Å². The van der Waals surface area contributed by atoms with Crippen LogP contribution < -0.4 is 5.73 Å². The average Bonchev–Trinajstić information content (AvgIpc) is 2.20. The van der Waals surface area contributed by atoms with E-state index in [1.54, 1.807) is 6.21 Å². The SMILES string of the molecule is N#CC/C(N)=N\N=C\c1ccccc1. The fraction of sp³-hybridized carbons (Fsp3) is 0.100. The van der Waals surface area contributed by atoms with Gasteiger partial charge in [0.1, 0.15) is 5.84 Å². The predicted molar refractivity (Wildman–Crippen MR) is 55.9 cm³/mol. The van der Waals surface area contributed by atoms with Gasteiger partial charge in [-0.1, -0.05) is 30.3 Å². The molecule has 70 valence electrons. The molecule has 0 spiro atoms. The number of nitriles is 1. The van der Waals surface area contributed by atoms with Gasteiger partial charge < -0.3 is 5.73 Å². The quantitative estimate of drug-likeness (QED) is 0.438. The summed E-state index contributed by atoms with van der Waals surface area (Å²) in [6.07, 6.45) is 1.69. The molecule has 14 heavy (non-hydrogen) atoms. The predicted octanol–water partition coefficient (Wildman–Crippen LogP) is 1.29. The molecule has 0 aromatic heterocycles. The summed E-state index contributed by atoms with van der Waals surface area (Å²) in [4.78, 5) is 0. The van der Waals surface area contributed by atoms with Gasteiger partial charge in [0.25, 0.3) is 0 Å². The third-order valence-corrected chi connectivity index (χ3v) is 1.45. The summed E-state index contributed by atoms with van der Waals surface area (Å²) in [5.74, 6) is 0.222. The van der Waals surface area contributed by atoms with Crippen molar-refractivity contribution >= 4 is 12.1 Å². The Morgan fingerprint density at radius 2 is 2.14 bits per heavy atom. The first-order valence-corrected chi connectivity index (χ1v) is 4.10. The Labute approximate surface area is 82.4 Å². The summed E-state index contributed by atoms with van der Waals surface area (Å²) in [7, 11) is 0. The molecule has 0 aliphatic rings. The van der Waals surface area contributed by atoms with Crippen molar-refractivity contribution in [2.24, 2.45) is 15.9 Å². The molecule has 0 aliphatic heterocycles. The van der Waals surface area contributed by atoms with Crippen molar-refractivity contribution in [3.8, 4) is 6.07 Å². The number of benzene rings is 1. The van der Waals surface area contributed by atoms with E-state index in [1.807, 2.05) is 36.4 Å². The minimum atomic E-state index is 0.103. The lowest BCUT2D eigenvalue weighted by Crippen LogP contribution is -2.09. The highest BCUT2D eigenvalue weighted by Crippen LogP contribution is 1.93. The maximum absolute atomic E-state index is 8.29. The van der Waals surface area contributed by atoms with E-state index in [9.17, 15) is 0 Å². The summed E-state index contributed by atoms with van der Waals surface area (Å²) in [5.41, 5.74) is 6.31. The molecule has 0 fully saturated rings. The number of rotatable bonds is 3. The molecule has 0 unspecified atom stereocenters. The van der Waals surface area contributed by atoms with E-state index in [0.717, 1.165) is 5.56 Å². The highest BCUT2D eigenvalue weighted by Gasteiger charge is 1.87. The van der Waals surface area contributed by atoms with Crippen LogP contribution in [0.15, 0.2) is 40.5 Å². The molecule has 1 aromatic carbocycles. The van der Waals surface area contributed by atoms with Crippen molar-refractivity contribution in [2.75, 3.05) is 0 Å². The van der Waals surface area contributed by atoms with Crippen LogP contribution >= 0.6 is 0 Å². The molecule has 0 saturated carbocycles. The number of nitrogens with zero attached hydrogens (tertiary/aromatic N) is 3. The van der Waals surface area contributed by atoms with Crippen molar-refractivity contribution in [1.82, 2.24) is 0 Å². The van der Waals surface area contributed by atoms with Gasteiger partial charge >= 0.3 is 0 Å². The zero-order valence-electron chi connectivity index (χ0n) is 7.59. The van der Waals surface area contributed by atoms with Gasteiger partial charge in [-0.3, -0.25) is 0 Å². The molecule has 0 bridgehead atoms. The molecule has 0 radical (unpaired) electrons. The van der Waals surface area contributed by atoms with Crippen molar-refractivity contribution < 1.29 is 0 Å². The number of hydrogen-bond acceptors (Lipinski definition) is 3. The molecular formula is C10H10N4. The van der Waals surface area contributed by atoms with E-state index in [-0.39, 0.29) is 12.3 Å². The second-order valence-corrected chi connectivity index (χ2v) is 2.58. The summed E-state index contributed by atoms with van der Waals surface area (Å²) < 4.78 is 0. The maximum atomic E-state index is 8.29. The van der Waals surface area contributed by atoms with Crippen LogP contribution in [0, 0.1) is 11.3 Å². The Kier molecular flexibility index (Phi) is 3.89. The lowest BCUT2D eigenvalue weighted by Gasteiger charge is -1.89. The fourth-order valence-corrected chi connectivity index (χ4v) is 0.825. The molecule has 4 heteroatoms. The fourth-order valence-electron chi connectivity index (χ4n) is 0.825. The standard InChI is InChI=1S/C10H10N4/c11-7-6-10(12)14-13-8-9-4-2-1-3-5-9/h1-5,8H,6H2,(H2,12,14)/b13-8+. The zero-order valence-corrected chi connectivity index (χ0v) is 7.59. The first-order chi connectivity index (χ1) is 6.83. The molecule has 4 nitrogen and oxygen atoms in total. The third-order valence-electron chi connectivity index (χ3n) is 1.45. The van der Waals surface area contributed by atoms with Crippen molar-refractivity contribution in [1.29, 1.82) is 5.26 Å². The Morgan fingerprint density at radius 1 is 1.43 bits per heavy atom. The van der Waals surface area contributed by atoms with Crippen LogP contribution in [0.25, 0.3) is 0 Å². The largest absolute Gasteiger partial charge is 0.385 e. The Bertz CT molecular complexity index is 373. The van der Waals surface area contributed by atoms with E-state index in [1.165, 1.54) is 0 Å². The van der Waals surface area contributed by atoms with E-state index in [0.29, 0.717) is 0 Å². The molecule has 0 saturated heterocycles. The molecule has 1 rings (SSSR count). The van der Waals surface area contributed by atoms with Crippen LogP contribution in [0.1, 0.15) is 12.0 Å². The van der Waals surface area contributed by atoms with Gasteiger partial charge in [-0.25, -0.2) is 0 Å². The number of hydrogen-bond donors (Lipinski definition) is 1. The van der Waals surface area contributed by atoms with Crippen LogP contribution in [0.4, 0.5) is 0 Å². The van der Waals surface area contributed by atoms with E-state index in [2.05, 4.69) is 10.2 Å². The van der Waals surface area contributed by atoms with Crippen molar-refractivity contribution in [2.45, 2.75) is 6.42 Å². The highest BCUT2D eigenvalue weighted by molar-refractivity contribution is 5.84. The summed E-state index contributed by atoms with van der Waals surface area (Å²) in [5, 5.41) is 15.7. The molecule has 0 amide bonds. The normalized spacial score (nSPS) is 11.5. The minimum Gasteiger partial charge on any atom is -0.385 e.